The van der Waals surface area contributed by atoms with Gasteiger partial charge in [0, 0.05) is 4.47 Å². The van der Waals surface area contributed by atoms with E-state index in [2.05, 4.69) is 22.9 Å². The molecule has 0 N–H and O–H groups in total. The van der Waals surface area contributed by atoms with Crippen molar-refractivity contribution in [1.29, 1.82) is 0 Å². The smallest absolute Gasteiger partial charge is 0.233 e. The molecule has 21 heavy (non-hydrogen) atoms. The monoisotopic (exact) mass is 349 g/mol. The molecule has 1 aliphatic heterocycles. The van der Waals surface area contributed by atoms with Crippen molar-refractivity contribution < 1.29 is 9.59 Å². The fraction of sp³-hybridized carbons (Fsp3) is 0.529. The maximum Gasteiger partial charge on any atom is 0.233 e. The SMILES string of the molecule is CCC1CC2C(=O)N(C(C)c3ccc(Br)cc3)C(=O)C2C1. The van der Waals surface area contributed by atoms with E-state index in [0.29, 0.717) is 5.92 Å². The first-order valence-corrected chi connectivity index (χ1v) is 8.44. The third kappa shape index (κ3) is 2.44. The van der Waals surface area contributed by atoms with Gasteiger partial charge in [-0.2, -0.15) is 0 Å². The van der Waals surface area contributed by atoms with Gasteiger partial charge in [-0.05, 0) is 43.4 Å². The lowest BCUT2D eigenvalue weighted by Gasteiger charge is -2.25. The summed E-state index contributed by atoms with van der Waals surface area (Å²) in [6.07, 6.45) is 2.83. The van der Waals surface area contributed by atoms with E-state index in [-0.39, 0.29) is 29.7 Å². The van der Waals surface area contributed by atoms with E-state index >= 15 is 0 Å². The highest BCUT2D eigenvalue weighted by molar-refractivity contribution is 9.10. The maximum absolute atomic E-state index is 12.6. The van der Waals surface area contributed by atoms with Gasteiger partial charge in [0.25, 0.3) is 0 Å². The van der Waals surface area contributed by atoms with Gasteiger partial charge in [0.1, 0.15) is 0 Å². The summed E-state index contributed by atoms with van der Waals surface area (Å²) in [4.78, 5) is 26.8. The average Bonchev–Trinajstić information content (AvgIpc) is 3.00. The van der Waals surface area contributed by atoms with Crippen LogP contribution in [0.1, 0.15) is 44.7 Å². The number of halogens is 1. The van der Waals surface area contributed by atoms with Crippen molar-refractivity contribution in [3.63, 3.8) is 0 Å². The number of imide groups is 1. The highest BCUT2D eigenvalue weighted by Crippen LogP contribution is 2.46. The minimum atomic E-state index is -0.177. The molecule has 0 spiro atoms. The molecule has 3 unspecified atom stereocenters. The molecule has 3 atom stereocenters. The molecule has 1 saturated heterocycles. The van der Waals surface area contributed by atoms with Crippen molar-refractivity contribution >= 4 is 27.7 Å². The fourth-order valence-electron chi connectivity index (χ4n) is 3.76. The molecule has 2 amide bonds. The molecule has 1 saturated carbocycles. The first-order chi connectivity index (χ1) is 10.0. The summed E-state index contributed by atoms with van der Waals surface area (Å²) in [5.74, 6) is 0.478. The minimum absolute atomic E-state index is 0.0383. The van der Waals surface area contributed by atoms with Gasteiger partial charge in [0.15, 0.2) is 0 Å². The third-order valence-corrected chi connectivity index (χ3v) is 5.62. The first-order valence-electron chi connectivity index (χ1n) is 7.65. The van der Waals surface area contributed by atoms with E-state index in [0.717, 1.165) is 29.3 Å². The van der Waals surface area contributed by atoms with Crippen LogP contribution < -0.4 is 0 Å². The molecule has 1 aromatic carbocycles. The van der Waals surface area contributed by atoms with Crippen LogP contribution in [0.15, 0.2) is 28.7 Å². The standard InChI is InChI=1S/C17H20BrNO2/c1-3-11-8-14-15(9-11)17(21)19(16(14)20)10(2)12-4-6-13(18)7-5-12/h4-7,10-11,14-15H,3,8-9H2,1-2H3. The molecule has 0 radical (unpaired) electrons. The van der Waals surface area contributed by atoms with Gasteiger partial charge in [-0.25, -0.2) is 0 Å². The van der Waals surface area contributed by atoms with Crippen molar-refractivity contribution in [2.24, 2.45) is 17.8 Å². The van der Waals surface area contributed by atoms with Crippen LogP contribution in [-0.4, -0.2) is 16.7 Å². The lowest BCUT2D eigenvalue weighted by Crippen LogP contribution is -2.34. The van der Waals surface area contributed by atoms with Gasteiger partial charge in [-0.15, -0.1) is 0 Å². The lowest BCUT2D eigenvalue weighted by atomic mass is 10.00. The predicted octanol–water partition coefficient (Wildman–Crippen LogP) is 3.93. The van der Waals surface area contributed by atoms with Gasteiger partial charge < -0.3 is 0 Å². The molecule has 1 aliphatic carbocycles. The Hall–Kier alpha value is -1.16. The van der Waals surface area contributed by atoms with Crippen molar-refractivity contribution in [3.05, 3.63) is 34.3 Å². The zero-order valence-corrected chi connectivity index (χ0v) is 14.0. The molecule has 2 fully saturated rings. The van der Waals surface area contributed by atoms with Gasteiger partial charge >= 0.3 is 0 Å². The van der Waals surface area contributed by atoms with Gasteiger partial charge in [-0.1, -0.05) is 41.4 Å². The number of nitrogens with zero attached hydrogens (tertiary/aromatic N) is 1. The number of benzene rings is 1. The Balaban J connectivity index is 1.82. The Morgan fingerprint density at radius 3 is 2.14 bits per heavy atom. The number of fused-ring (bicyclic) bond motifs is 1. The molecule has 112 valence electrons. The quantitative estimate of drug-likeness (QED) is 0.775. The Morgan fingerprint density at radius 2 is 1.67 bits per heavy atom. The molecule has 3 nitrogen and oxygen atoms in total. The van der Waals surface area contributed by atoms with Crippen molar-refractivity contribution in [2.45, 2.75) is 39.2 Å². The molecule has 0 aromatic heterocycles. The molecule has 1 heterocycles. The summed E-state index contributed by atoms with van der Waals surface area (Å²) in [5, 5.41) is 0. The van der Waals surface area contributed by atoms with Crippen LogP contribution in [0.3, 0.4) is 0 Å². The summed E-state index contributed by atoms with van der Waals surface area (Å²) in [7, 11) is 0. The fourth-order valence-corrected chi connectivity index (χ4v) is 4.02. The second-order valence-corrected chi connectivity index (χ2v) is 7.15. The van der Waals surface area contributed by atoms with E-state index in [4.69, 9.17) is 0 Å². The second-order valence-electron chi connectivity index (χ2n) is 6.23. The zero-order chi connectivity index (χ0) is 15.1. The summed E-state index contributed by atoms with van der Waals surface area (Å²) in [6, 6.07) is 7.66. The number of amides is 2. The number of likely N-dealkylation sites (tertiary alicyclic amines) is 1. The Kier molecular flexibility index (Phi) is 3.91. The molecular formula is C17H20BrNO2. The third-order valence-electron chi connectivity index (χ3n) is 5.09. The molecule has 1 aromatic rings. The predicted molar refractivity (Wildman–Crippen MR) is 84.4 cm³/mol. The zero-order valence-electron chi connectivity index (χ0n) is 12.4. The van der Waals surface area contributed by atoms with Crippen LogP contribution in [0.4, 0.5) is 0 Å². The number of hydrogen-bond donors (Lipinski definition) is 0. The van der Waals surface area contributed by atoms with E-state index in [9.17, 15) is 9.59 Å². The highest BCUT2D eigenvalue weighted by Gasteiger charge is 2.53. The van der Waals surface area contributed by atoms with E-state index in [1.54, 1.807) is 0 Å². The van der Waals surface area contributed by atoms with Gasteiger partial charge in [0.2, 0.25) is 11.8 Å². The van der Waals surface area contributed by atoms with Gasteiger partial charge in [0.05, 0.1) is 17.9 Å². The molecule has 2 aliphatic rings. The Morgan fingerprint density at radius 1 is 1.14 bits per heavy atom. The van der Waals surface area contributed by atoms with Crippen molar-refractivity contribution in [3.8, 4) is 0 Å². The number of carbonyl (C=O) groups is 2. The minimum Gasteiger partial charge on any atom is -0.275 e. The molecule has 0 bridgehead atoms. The van der Waals surface area contributed by atoms with E-state index in [1.807, 2.05) is 31.2 Å². The molecule has 4 heteroatoms. The number of rotatable bonds is 3. The molecule has 3 rings (SSSR count). The number of carbonyl (C=O) groups excluding carboxylic acids is 2. The normalized spacial score (nSPS) is 29.9. The van der Waals surface area contributed by atoms with Crippen LogP contribution >= 0.6 is 15.9 Å². The Labute approximate surface area is 133 Å². The van der Waals surface area contributed by atoms with Crippen LogP contribution in [-0.2, 0) is 9.59 Å². The summed E-state index contributed by atoms with van der Waals surface area (Å²) >= 11 is 3.41. The molecular weight excluding hydrogens is 330 g/mol. The van der Waals surface area contributed by atoms with Crippen LogP contribution in [0, 0.1) is 17.8 Å². The van der Waals surface area contributed by atoms with Crippen molar-refractivity contribution in [2.75, 3.05) is 0 Å². The second kappa shape index (κ2) is 5.56. The lowest BCUT2D eigenvalue weighted by molar-refractivity contribution is -0.143. The summed E-state index contributed by atoms with van der Waals surface area (Å²) in [5.41, 5.74) is 1.01. The summed E-state index contributed by atoms with van der Waals surface area (Å²) < 4.78 is 1.00. The van der Waals surface area contributed by atoms with E-state index in [1.165, 1.54) is 4.90 Å². The first kappa shape index (κ1) is 14.8. The Bertz CT molecular complexity index is 545. The van der Waals surface area contributed by atoms with Crippen LogP contribution in [0.2, 0.25) is 0 Å². The summed E-state index contributed by atoms with van der Waals surface area (Å²) in [6.45, 7) is 4.08. The number of hydrogen-bond acceptors (Lipinski definition) is 2. The van der Waals surface area contributed by atoms with Crippen LogP contribution in [0.5, 0.6) is 0 Å². The maximum atomic E-state index is 12.6. The van der Waals surface area contributed by atoms with E-state index < -0.39 is 0 Å². The highest BCUT2D eigenvalue weighted by atomic mass is 79.9. The topological polar surface area (TPSA) is 37.4 Å². The van der Waals surface area contributed by atoms with Crippen molar-refractivity contribution in [1.82, 2.24) is 4.90 Å². The largest absolute Gasteiger partial charge is 0.275 e. The average molecular weight is 350 g/mol. The van der Waals surface area contributed by atoms with Crippen LogP contribution in [0.25, 0.3) is 0 Å². The van der Waals surface area contributed by atoms with Gasteiger partial charge in [-0.3, -0.25) is 14.5 Å².